The molecule has 0 aromatic rings. The lowest BCUT2D eigenvalue weighted by molar-refractivity contribution is -0.138. The number of nitrogens with zero attached hydrogens (tertiary/aromatic N) is 2. The molecular formula is C12H23N3O2. The normalized spacial score (nSPS) is 32.4. The third-order valence-corrected chi connectivity index (χ3v) is 3.81. The summed E-state index contributed by atoms with van der Waals surface area (Å²) >= 11 is 0. The van der Waals surface area contributed by atoms with Crippen LogP contribution in [0.1, 0.15) is 34.1 Å². The average Bonchev–Trinajstić information content (AvgIpc) is 2.30. The van der Waals surface area contributed by atoms with Gasteiger partial charge in [-0.3, -0.25) is 4.79 Å². The van der Waals surface area contributed by atoms with Crippen LogP contribution in [-0.4, -0.2) is 34.4 Å². The van der Waals surface area contributed by atoms with Crippen LogP contribution in [0.25, 0.3) is 0 Å². The van der Waals surface area contributed by atoms with E-state index in [0.717, 1.165) is 13.0 Å². The SMILES string of the molecule is CC1CC(C)C(C)N(C(=O)C(C)C(N)=NO)C1. The van der Waals surface area contributed by atoms with E-state index in [-0.39, 0.29) is 17.8 Å². The monoisotopic (exact) mass is 241 g/mol. The first-order valence-electron chi connectivity index (χ1n) is 6.16. The molecule has 1 aliphatic heterocycles. The Morgan fingerprint density at radius 2 is 2.06 bits per heavy atom. The van der Waals surface area contributed by atoms with E-state index in [1.807, 2.05) is 4.90 Å². The first-order valence-corrected chi connectivity index (χ1v) is 6.16. The van der Waals surface area contributed by atoms with Crippen molar-refractivity contribution in [2.75, 3.05) is 6.54 Å². The third kappa shape index (κ3) is 2.90. The Morgan fingerprint density at radius 3 is 2.59 bits per heavy atom. The molecule has 1 rings (SSSR count). The fraction of sp³-hybridized carbons (Fsp3) is 0.833. The number of hydrogen-bond donors (Lipinski definition) is 2. The molecule has 1 aliphatic rings. The molecule has 5 heteroatoms. The van der Waals surface area contributed by atoms with E-state index in [4.69, 9.17) is 10.9 Å². The van der Waals surface area contributed by atoms with E-state index in [9.17, 15) is 4.79 Å². The van der Waals surface area contributed by atoms with Crippen molar-refractivity contribution < 1.29 is 10.0 Å². The highest BCUT2D eigenvalue weighted by Crippen LogP contribution is 2.27. The molecule has 4 unspecified atom stereocenters. The van der Waals surface area contributed by atoms with Crippen molar-refractivity contribution in [3.8, 4) is 0 Å². The molecule has 3 N–H and O–H groups in total. The molecule has 0 bridgehead atoms. The highest BCUT2D eigenvalue weighted by molar-refractivity contribution is 6.01. The minimum Gasteiger partial charge on any atom is -0.409 e. The van der Waals surface area contributed by atoms with Gasteiger partial charge in [0.25, 0.3) is 0 Å². The Hall–Kier alpha value is -1.26. The molecule has 0 radical (unpaired) electrons. The number of oxime groups is 1. The molecule has 17 heavy (non-hydrogen) atoms. The van der Waals surface area contributed by atoms with Gasteiger partial charge in [0, 0.05) is 12.6 Å². The molecule has 1 amide bonds. The standard InChI is InChI=1S/C12H23N3O2/c1-7-5-8(2)10(4)15(6-7)12(16)9(3)11(13)14-17/h7-10,17H,5-6H2,1-4H3,(H2,13,14). The summed E-state index contributed by atoms with van der Waals surface area (Å²) in [5.74, 6) is 0.367. The van der Waals surface area contributed by atoms with Crippen LogP contribution in [0.15, 0.2) is 5.16 Å². The first kappa shape index (κ1) is 13.8. The molecule has 0 aromatic carbocycles. The molecular weight excluding hydrogens is 218 g/mol. The summed E-state index contributed by atoms with van der Waals surface area (Å²) in [7, 11) is 0. The second-order valence-corrected chi connectivity index (χ2v) is 5.30. The van der Waals surface area contributed by atoms with Crippen molar-refractivity contribution in [1.82, 2.24) is 4.90 Å². The largest absolute Gasteiger partial charge is 0.409 e. The number of likely N-dealkylation sites (tertiary alicyclic amines) is 1. The smallest absolute Gasteiger partial charge is 0.233 e. The molecule has 0 aromatic heterocycles. The maximum absolute atomic E-state index is 12.3. The van der Waals surface area contributed by atoms with Crippen LogP contribution in [0, 0.1) is 17.8 Å². The third-order valence-electron chi connectivity index (χ3n) is 3.81. The van der Waals surface area contributed by atoms with Gasteiger partial charge in [-0.2, -0.15) is 0 Å². The molecule has 98 valence electrons. The first-order chi connectivity index (χ1) is 7.88. The summed E-state index contributed by atoms with van der Waals surface area (Å²) in [4.78, 5) is 14.1. The van der Waals surface area contributed by atoms with Crippen molar-refractivity contribution in [1.29, 1.82) is 0 Å². The molecule has 4 atom stereocenters. The quantitative estimate of drug-likeness (QED) is 0.330. The Morgan fingerprint density at radius 1 is 1.47 bits per heavy atom. The van der Waals surface area contributed by atoms with Gasteiger partial charge in [-0.25, -0.2) is 0 Å². The summed E-state index contributed by atoms with van der Waals surface area (Å²) in [6.07, 6.45) is 1.14. The van der Waals surface area contributed by atoms with Gasteiger partial charge in [-0.1, -0.05) is 19.0 Å². The van der Waals surface area contributed by atoms with E-state index in [2.05, 4.69) is 25.9 Å². The fourth-order valence-corrected chi connectivity index (χ4v) is 2.47. The number of carbonyl (C=O) groups excluding carboxylic acids is 1. The van der Waals surface area contributed by atoms with Gasteiger partial charge in [0.1, 0.15) is 0 Å². The van der Waals surface area contributed by atoms with E-state index >= 15 is 0 Å². The van der Waals surface area contributed by atoms with Crippen LogP contribution in [0.4, 0.5) is 0 Å². The predicted molar refractivity (Wildman–Crippen MR) is 66.7 cm³/mol. The molecule has 1 heterocycles. The summed E-state index contributed by atoms with van der Waals surface area (Å²) in [6.45, 7) is 8.81. The van der Waals surface area contributed by atoms with Crippen LogP contribution < -0.4 is 5.73 Å². The minimum atomic E-state index is -0.556. The number of amidine groups is 1. The van der Waals surface area contributed by atoms with Gasteiger partial charge in [-0.05, 0) is 32.1 Å². The van der Waals surface area contributed by atoms with Crippen LogP contribution >= 0.6 is 0 Å². The van der Waals surface area contributed by atoms with Crippen LogP contribution in [0.3, 0.4) is 0 Å². The number of amides is 1. The molecule has 1 fully saturated rings. The Kier molecular flexibility index (Phi) is 4.37. The summed E-state index contributed by atoms with van der Waals surface area (Å²) < 4.78 is 0. The van der Waals surface area contributed by atoms with Crippen molar-refractivity contribution in [3.05, 3.63) is 0 Å². The van der Waals surface area contributed by atoms with Crippen molar-refractivity contribution in [2.45, 2.75) is 40.2 Å². The summed E-state index contributed by atoms with van der Waals surface area (Å²) in [5.41, 5.74) is 5.49. The lowest BCUT2D eigenvalue weighted by Crippen LogP contribution is -2.52. The second kappa shape index (κ2) is 5.38. The van der Waals surface area contributed by atoms with Crippen molar-refractivity contribution in [2.24, 2.45) is 28.6 Å². The molecule has 0 aliphatic carbocycles. The van der Waals surface area contributed by atoms with E-state index in [0.29, 0.717) is 11.8 Å². The molecule has 5 nitrogen and oxygen atoms in total. The Bertz CT molecular complexity index is 317. The summed E-state index contributed by atoms with van der Waals surface area (Å²) in [5, 5.41) is 11.5. The zero-order chi connectivity index (χ0) is 13.2. The maximum atomic E-state index is 12.3. The van der Waals surface area contributed by atoms with Crippen molar-refractivity contribution >= 4 is 11.7 Å². The van der Waals surface area contributed by atoms with Gasteiger partial charge < -0.3 is 15.8 Å². The molecule has 0 saturated carbocycles. The predicted octanol–water partition coefficient (Wildman–Crippen LogP) is 1.26. The highest BCUT2D eigenvalue weighted by atomic mass is 16.4. The molecule has 1 saturated heterocycles. The lowest BCUT2D eigenvalue weighted by Gasteiger charge is -2.42. The Labute approximate surface area is 103 Å². The van der Waals surface area contributed by atoms with Crippen LogP contribution in [0.2, 0.25) is 0 Å². The highest BCUT2D eigenvalue weighted by Gasteiger charge is 2.34. The Balaban J connectivity index is 2.80. The van der Waals surface area contributed by atoms with E-state index < -0.39 is 5.92 Å². The fourth-order valence-electron chi connectivity index (χ4n) is 2.47. The van der Waals surface area contributed by atoms with E-state index in [1.54, 1.807) is 6.92 Å². The minimum absolute atomic E-state index is 0.0203. The van der Waals surface area contributed by atoms with Crippen molar-refractivity contribution in [3.63, 3.8) is 0 Å². The van der Waals surface area contributed by atoms with Gasteiger partial charge in [0.2, 0.25) is 5.91 Å². The number of carbonyl (C=O) groups is 1. The number of nitrogens with two attached hydrogens (primary N) is 1. The van der Waals surface area contributed by atoms with Crippen LogP contribution in [0.5, 0.6) is 0 Å². The average molecular weight is 241 g/mol. The van der Waals surface area contributed by atoms with Crippen LogP contribution in [-0.2, 0) is 4.79 Å². The van der Waals surface area contributed by atoms with Gasteiger partial charge in [0.15, 0.2) is 5.84 Å². The number of hydrogen-bond acceptors (Lipinski definition) is 3. The van der Waals surface area contributed by atoms with Gasteiger partial charge >= 0.3 is 0 Å². The number of piperidine rings is 1. The topological polar surface area (TPSA) is 78.9 Å². The number of rotatable bonds is 2. The van der Waals surface area contributed by atoms with Gasteiger partial charge in [0.05, 0.1) is 5.92 Å². The second-order valence-electron chi connectivity index (χ2n) is 5.30. The zero-order valence-electron chi connectivity index (χ0n) is 11.1. The van der Waals surface area contributed by atoms with E-state index in [1.165, 1.54) is 0 Å². The lowest BCUT2D eigenvalue weighted by atomic mass is 9.85. The zero-order valence-corrected chi connectivity index (χ0v) is 11.1. The van der Waals surface area contributed by atoms with Gasteiger partial charge in [-0.15, -0.1) is 0 Å². The summed E-state index contributed by atoms with van der Waals surface area (Å²) in [6, 6.07) is 0.215. The molecule has 0 spiro atoms. The maximum Gasteiger partial charge on any atom is 0.233 e.